The molecule has 1 aromatic heterocycles. The number of aromatic nitrogens is 1. The lowest BCUT2D eigenvalue weighted by Crippen LogP contribution is -2.14. The summed E-state index contributed by atoms with van der Waals surface area (Å²) in [6.45, 7) is 2.98. The standard InChI is InChI=1S/C11H14N2O2/c1-9(7-14-2)15-8-10-3-4-13-11(5-10)6-12/h3-5,9H,7-8H2,1-2H3. The molecule has 1 unspecified atom stereocenters. The van der Waals surface area contributed by atoms with Gasteiger partial charge in [-0.3, -0.25) is 0 Å². The maximum absolute atomic E-state index is 8.65. The van der Waals surface area contributed by atoms with E-state index < -0.39 is 0 Å². The number of methoxy groups -OCH3 is 1. The number of nitriles is 1. The Bertz CT molecular complexity index is 347. The second kappa shape index (κ2) is 6.12. The first kappa shape index (κ1) is 11.6. The van der Waals surface area contributed by atoms with Gasteiger partial charge in [0.2, 0.25) is 0 Å². The van der Waals surface area contributed by atoms with E-state index in [4.69, 9.17) is 14.7 Å². The molecular formula is C11H14N2O2. The fraction of sp³-hybridized carbons (Fsp3) is 0.455. The quantitative estimate of drug-likeness (QED) is 0.732. The Hall–Kier alpha value is -1.44. The zero-order valence-corrected chi connectivity index (χ0v) is 8.93. The van der Waals surface area contributed by atoms with Gasteiger partial charge in [0.1, 0.15) is 11.8 Å². The number of rotatable bonds is 5. The van der Waals surface area contributed by atoms with E-state index in [0.29, 0.717) is 18.9 Å². The third kappa shape index (κ3) is 4.07. The summed E-state index contributed by atoms with van der Waals surface area (Å²) in [5.41, 5.74) is 1.36. The van der Waals surface area contributed by atoms with Crippen LogP contribution in [0, 0.1) is 11.3 Å². The molecule has 1 heterocycles. The van der Waals surface area contributed by atoms with Crippen LogP contribution in [0.1, 0.15) is 18.2 Å². The Balaban J connectivity index is 2.47. The third-order valence-corrected chi connectivity index (χ3v) is 1.87. The molecule has 0 bridgehead atoms. The number of pyridine rings is 1. The zero-order chi connectivity index (χ0) is 11.1. The second-order valence-electron chi connectivity index (χ2n) is 3.24. The highest BCUT2D eigenvalue weighted by Gasteiger charge is 2.02. The molecule has 0 aliphatic rings. The molecule has 4 nitrogen and oxygen atoms in total. The van der Waals surface area contributed by atoms with Crippen molar-refractivity contribution in [2.45, 2.75) is 19.6 Å². The monoisotopic (exact) mass is 206 g/mol. The molecule has 0 aromatic carbocycles. The Morgan fingerprint density at radius 2 is 2.40 bits per heavy atom. The van der Waals surface area contributed by atoms with Crippen molar-refractivity contribution in [1.82, 2.24) is 4.98 Å². The zero-order valence-electron chi connectivity index (χ0n) is 8.93. The van der Waals surface area contributed by atoms with Crippen LogP contribution in [0.25, 0.3) is 0 Å². The Kier molecular flexibility index (Phi) is 4.75. The first-order valence-electron chi connectivity index (χ1n) is 4.72. The van der Waals surface area contributed by atoms with Crippen molar-refractivity contribution >= 4 is 0 Å². The van der Waals surface area contributed by atoms with E-state index in [1.54, 1.807) is 19.4 Å². The van der Waals surface area contributed by atoms with Crippen LogP contribution in [-0.4, -0.2) is 24.8 Å². The van der Waals surface area contributed by atoms with E-state index in [2.05, 4.69) is 4.98 Å². The molecule has 0 saturated heterocycles. The Labute approximate surface area is 89.5 Å². The van der Waals surface area contributed by atoms with Gasteiger partial charge in [-0.15, -0.1) is 0 Å². The summed E-state index contributed by atoms with van der Waals surface area (Å²) < 4.78 is 10.5. The Morgan fingerprint density at radius 3 is 3.07 bits per heavy atom. The average Bonchev–Trinajstić information content (AvgIpc) is 2.27. The fourth-order valence-electron chi connectivity index (χ4n) is 1.15. The van der Waals surface area contributed by atoms with Crippen LogP contribution in [0.5, 0.6) is 0 Å². The molecule has 1 atom stereocenters. The van der Waals surface area contributed by atoms with Crippen LogP contribution in [0.4, 0.5) is 0 Å². The molecule has 1 aromatic rings. The van der Waals surface area contributed by atoms with Gasteiger partial charge in [0.15, 0.2) is 0 Å². The lowest BCUT2D eigenvalue weighted by Gasteiger charge is -2.11. The van der Waals surface area contributed by atoms with Crippen LogP contribution in [0.15, 0.2) is 18.3 Å². The van der Waals surface area contributed by atoms with Crippen molar-refractivity contribution < 1.29 is 9.47 Å². The predicted molar refractivity (Wildman–Crippen MR) is 55.1 cm³/mol. The minimum Gasteiger partial charge on any atom is -0.382 e. The smallest absolute Gasteiger partial charge is 0.140 e. The van der Waals surface area contributed by atoms with E-state index >= 15 is 0 Å². The summed E-state index contributed by atoms with van der Waals surface area (Å²) in [4.78, 5) is 3.88. The molecule has 4 heteroatoms. The number of ether oxygens (including phenoxy) is 2. The normalized spacial score (nSPS) is 12.1. The van der Waals surface area contributed by atoms with Crippen LogP contribution in [0.2, 0.25) is 0 Å². The molecule has 0 aliphatic carbocycles. The highest BCUT2D eigenvalue weighted by atomic mass is 16.5. The highest BCUT2D eigenvalue weighted by molar-refractivity contribution is 5.24. The van der Waals surface area contributed by atoms with Crippen molar-refractivity contribution in [1.29, 1.82) is 5.26 Å². The van der Waals surface area contributed by atoms with E-state index in [1.807, 2.05) is 19.1 Å². The first-order valence-corrected chi connectivity index (χ1v) is 4.72. The van der Waals surface area contributed by atoms with Crippen molar-refractivity contribution in [3.63, 3.8) is 0 Å². The second-order valence-corrected chi connectivity index (χ2v) is 3.24. The molecule has 1 rings (SSSR count). The van der Waals surface area contributed by atoms with Crippen LogP contribution in [0.3, 0.4) is 0 Å². The summed E-state index contributed by atoms with van der Waals surface area (Å²) >= 11 is 0. The summed E-state index contributed by atoms with van der Waals surface area (Å²) in [6, 6.07) is 5.54. The molecule has 0 aliphatic heterocycles. The van der Waals surface area contributed by atoms with Crippen molar-refractivity contribution in [3.8, 4) is 6.07 Å². The minimum atomic E-state index is 0.0497. The topological polar surface area (TPSA) is 55.1 Å². The predicted octanol–water partition coefficient (Wildman–Crippen LogP) is 1.50. The molecule has 15 heavy (non-hydrogen) atoms. The van der Waals surface area contributed by atoms with Gasteiger partial charge in [0, 0.05) is 13.3 Å². The molecule has 0 spiro atoms. The summed E-state index contributed by atoms with van der Waals surface area (Å²) in [5.74, 6) is 0. The van der Waals surface area contributed by atoms with E-state index in [-0.39, 0.29) is 6.10 Å². The number of hydrogen-bond acceptors (Lipinski definition) is 4. The first-order chi connectivity index (χ1) is 7.26. The Morgan fingerprint density at radius 1 is 1.60 bits per heavy atom. The number of nitrogens with zero attached hydrogens (tertiary/aromatic N) is 2. The van der Waals surface area contributed by atoms with E-state index in [1.165, 1.54) is 0 Å². The van der Waals surface area contributed by atoms with Gasteiger partial charge in [-0.1, -0.05) is 0 Å². The highest BCUT2D eigenvalue weighted by Crippen LogP contribution is 2.04. The fourth-order valence-corrected chi connectivity index (χ4v) is 1.15. The summed E-state index contributed by atoms with van der Waals surface area (Å²) in [7, 11) is 1.64. The summed E-state index contributed by atoms with van der Waals surface area (Å²) in [6.07, 6.45) is 1.66. The average molecular weight is 206 g/mol. The maximum Gasteiger partial charge on any atom is 0.140 e. The van der Waals surface area contributed by atoms with Crippen molar-refractivity contribution in [2.75, 3.05) is 13.7 Å². The molecule has 0 saturated carbocycles. The summed E-state index contributed by atoms with van der Waals surface area (Å²) in [5, 5.41) is 8.65. The van der Waals surface area contributed by atoms with Crippen LogP contribution >= 0.6 is 0 Å². The van der Waals surface area contributed by atoms with Gasteiger partial charge in [-0.05, 0) is 24.6 Å². The van der Waals surface area contributed by atoms with Gasteiger partial charge in [-0.25, -0.2) is 4.98 Å². The lowest BCUT2D eigenvalue weighted by atomic mass is 10.2. The lowest BCUT2D eigenvalue weighted by molar-refractivity contribution is -0.000154. The van der Waals surface area contributed by atoms with Crippen molar-refractivity contribution in [3.05, 3.63) is 29.6 Å². The largest absolute Gasteiger partial charge is 0.382 e. The SMILES string of the molecule is COCC(C)OCc1ccnc(C#N)c1. The van der Waals surface area contributed by atoms with Crippen LogP contribution in [-0.2, 0) is 16.1 Å². The van der Waals surface area contributed by atoms with Crippen LogP contribution < -0.4 is 0 Å². The number of hydrogen-bond donors (Lipinski definition) is 0. The van der Waals surface area contributed by atoms with E-state index in [0.717, 1.165) is 5.56 Å². The molecule has 0 N–H and O–H groups in total. The molecule has 80 valence electrons. The molecule has 0 radical (unpaired) electrons. The van der Waals surface area contributed by atoms with E-state index in [9.17, 15) is 0 Å². The van der Waals surface area contributed by atoms with Gasteiger partial charge < -0.3 is 9.47 Å². The van der Waals surface area contributed by atoms with Gasteiger partial charge in [0.05, 0.1) is 19.3 Å². The minimum absolute atomic E-state index is 0.0497. The van der Waals surface area contributed by atoms with Crippen molar-refractivity contribution in [2.24, 2.45) is 0 Å². The third-order valence-electron chi connectivity index (χ3n) is 1.87. The molecular weight excluding hydrogens is 192 g/mol. The molecule has 0 fully saturated rings. The van der Waals surface area contributed by atoms with Gasteiger partial charge in [0.25, 0.3) is 0 Å². The maximum atomic E-state index is 8.65. The molecule has 0 amide bonds. The van der Waals surface area contributed by atoms with Gasteiger partial charge in [-0.2, -0.15) is 5.26 Å². The van der Waals surface area contributed by atoms with Gasteiger partial charge >= 0.3 is 0 Å².